The van der Waals surface area contributed by atoms with Crippen molar-refractivity contribution >= 4 is 10.8 Å². The first-order valence-corrected chi connectivity index (χ1v) is 6.99. The largest absolute Gasteiger partial charge is 0.345 e. The quantitative estimate of drug-likeness (QED) is 0.551. The Hall–Kier alpha value is -2.87. The maximum atomic E-state index is 4.30. The molecule has 0 aliphatic carbocycles. The summed E-state index contributed by atoms with van der Waals surface area (Å²) < 4.78 is 0. The van der Waals surface area contributed by atoms with Crippen molar-refractivity contribution in [2.75, 3.05) is 0 Å². The van der Waals surface area contributed by atoms with E-state index in [1.54, 1.807) is 6.20 Å². The molecule has 4 rings (SSSR count). The second kappa shape index (κ2) is 4.91. The Morgan fingerprint density at radius 2 is 1.38 bits per heavy atom. The number of aromatic nitrogens is 2. The van der Waals surface area contributed by atoms with E-state index in [1.165, 1.54) is 21.9 Å². The molecule has 1 N–H and O–H groups in total. The van der Waals surface area contributed by atoms with E-state index in [1.807, 2.05) is 12.3 Å². The molecule has 2 nitrogen and oxygen atoms in total. The van der Waals surface area contributed by atoms with Gasteiger partial charge in [0.2, 0.25) is 0 Å². The Morgan fingerprint density at radius 1 is 0.667 bits per heavy atom. The van der Waals surface area contributed by atoms with Gasteiger partial charge in [-0.05, 0) is 34.0 Å². The van der Waals surface area contributed by atoms with E-state index in [-0.39, 0.29) is 0 Å². The van der Waals surface area contributed by atoms with Crippen molar-refractivity contribution in [2.24, 2.45) is 0 Å². The minimum atomic E-state index is 0.907. The summed E-state index contributed by atoms with van der Waals surface area (Å²) in [5, 5.41) is 2.47. The Morgan fingerprint density at radius 3 is 2.10 bits per heavy atom. The van der Waals surface area contributed by atoms with Crippen LogP contribution in [0, 0.1) is 0 Å². The van der Waals surface area contributed by atoms with Gasteiger partial charge >= 0.3 is 0 Å². The zero-order valence-corrected chi connectivity index (χ0v) is 11.5. The van der Waals surface area contributed by atoms with Gasteiger partial charge in [0, 0.05) is 18.0 Å². The number of H-pyrrole nitrogens is 1. The topological polar surface area (TPSA) is 28.7 Å². The van der Waals surface area contributed by atoms with E-state index in [2.05, 4.69) is 70.6 Å². The van der Waals surface area contributed by atoms with Crippen LogP contribution in [0.5, 0.6) is 0 Å². The second-order valence-corrected chi connectivity index (χ2v) is 5.08. The average Bonchev–Trinajstić information content (AvgIpc) is 3.09. The highest BCUT2D eigenvalue weighted by atomic mass is 14.9. The lowest BCUT2D eigenvalue weighted by Crippen LogP contribution is -1.82. The van der Waals surface area contributed by atoms with Gasteiger partial charge in [-0.25, -0.2) is 4.98 Å². The smallest absolute Gasteiger partial charge is 0.137 e. The van der Waals surface area contributed by atoms with Crippen LogP contribution in [0.1, 0.15) is 0 Å². The van der Waals surface area contributed by atoms with Gasteiger partial charge in [0.25, 0.3) is 0 Å². The van der Waals surface area contributed by atoms with Gasteiger partial charge in [-0.3, -0.25) is 0 Å². The average molecular weight is 270 g/mol. The molecule has 0 saturated carbocycles. The number of hydrogen-bond acceptors (Lipinski definition) is 1. The van der Waals surface area contributed by atoms with E-state index in [0.717, 1.165) is 11.4 Å². The van der Waals surface area contributed by atoms with E-state index >= 15 is 0 Å². The summed E-state index contributed by atoms with van der Waals surface area (Å²) in [4.78, 5) is 7.45. The molecule has 0 unspecified atom stereocenters. The van der Waals surface area contributed by atoms with Gasteiger partial charge in [0.1, 0.15) is 5.82 Å². The molecule has 21 heavy (non-hydrogen) atoms. The van der Waals surface area contributed by atoms with Crippen molar-refractivity contribution in [2.45, 2.75) is 0 Å². The molecule has 0 spiro atoms. The number of imidazole rings is 1. The molecule has 0 aliphatic rings. The van der Waals surface area contributed by atoms with Crippen molar-refractivity contribution in [3.8, 4) is 22.5 Å². The lowest BCUT2D eigenvalue weighted by molar-refractivity contribution is 1.31. The summed E-state index contributed by atoms with van der Waals surface area (Å²) in [7, 11) is 0. The number of nitrogens with one attached hydrogen (secondary N) is 1. The minimum Gasteiger partial charge on any atom is -0.345 e. The number of nitrogens with zero attached hydrogens (tertiary/aromatic N) is 1. The molecule has 1 aromatic heterocycles. The van der Waals surface area contributed by atoms with Crippen molar-refractivity contribution in [3.05, 3.63) is 79.1 Å². The summed E-state index contributed by atoms with van der Waals surface area (Å²) >= 11 is 0. The number of hydrogen-bond donors (Lipinski definition) is 1. The predicted molar refractivity (Wildman–Crippen MR) is 87.0 cm³/mol. The van der Waals surface area contributed by atoms with E-state index in [0.29, 0.717) is 0 Å². The van der Waals surface area contributed by atoms with Crippen LogP contribution < -0.4 is 0 Å². The van der Waals surface area contributed by atoms with Crippen LogP contribution in [-0.4, -0.2) is 9.97 Å². The standard InChI is InChI=1S/C19H14N2/c1-2-4-14(5-3-1)15-6-7-17-13-18(9-8-16(17)12-15)19-20-10-11-21-19/h1-13H,(H,20,21). The fourth-order valence-corrected chi connectivity index (χ4v) is 2.63. The third kappa shape index (κ3) is 2.21. The lowest BCUT2D eigenvalue weighted by Gasteiger charge is -2.05. The summed E-state index contributed by atoms with van der Waals surface area (Å²) in [6, 6.07) is 23.5. The van der Waals surface area contributed by atoms with Crippen LogP contribution in [-0.2, 0) is 0 Å². The molecule has 0 radical (unpaired) electrons. The molecule has 0 bridgehead atoms. The fourth-order valence-electron chi connectivity index (χ4n) is 2.63. The van der Waals surface area contributed by atoms with Gasteiger partial charge in [0.05, 0.1) is 0 Å². The third-order valence-electron chi connectivity index (χ3n) is 3.72. The normalized spacial score (nSPS) is 10.9. The van der Waals surface area contributed by atoms with Gasteiger partial charge in [0.15, 0.2) is 0 Å². The lowest BCUT2D eigenvalue weighted by atomic mass is 10.00. The molecule has 4 aromatic rings. The van der Waals surface area contributed by atoms with Crippen LogP contribution in [0.15, 0.2) is 79.1 Å². The Balaban J connectivity index is 1.81. The number of aromatic amines is 1. The van der Waals surface area contributed by atoms with Crippen molar-refractivity contribution in [1.29, 1.82) is 0 Å². The molecular weight excluding hydrogens is 256 g/mol. The van der Waals surface area contributed by atoms with E-state index < -0.39 is 0 Å². The Kier molecular flexibility index (Phi) is 2.79. The number of benzene rings is 3. The molecule has 2 heteroatoms. The van der Waals surface area contributed by atoms with Crippen LogP contribution in [0.4, 0.5) is 0 Å². The van der Waals surface area contributed by atoms with Gasteiger partial charge in [-0.1, -0.05) is 54.6 Å². The first-order valence-electron chi connectivity index (χ1n) is 6.99. The molecule has 0 amide bonds. The van der Waals surface area contributed by atoms with Crippen LogP contribution in [0.3, 0.4) is 0 Å². The van der Waals surface area contributed by atoms with Gasteiger partial charge < -0.3 is 4.98 Å². The van der Waals surface area contributed by atoms with Gasteiger partial charge in [-0.15, -0.1) is 0 Å². The Bertz CT molecular complexity index is 878. The zero-order chi connectivity index (χ0) is 14.1. The number of fused-ring (bicyclic) bond motifs is 1. The maximum Gasteiger partial charge on any atom is 0.137 e. The van der Waals surface area contributed by atoms with Crippen molar-refractivity contribution in [3.63, 3.8) is 0 Å². The molecule has 0 saturated heterocycles. The van der Waals surface area contributed by atoms with Crippen LogP contribution in [0.2, 0.25) is 0 Å². The third-order valence-corrected chi connectivity index (χ3v) is 3.72. The molecule has 0 atom stereocenters. The van der Waals surface area contributed by atoms with Crippen LogP contribution >= 0.6 is 0 Å². The summed E-state index contributed by atoms with van der Waals surface area (Å²) in [5.74, 6) is 0.907. The first-order chi connectivity index (χ1) is 10.4. The fraction of sp³-hybridized carbons (Fsp3) is 0. The second-order valence-electron chi connectivity index (χ2n) is 5.08. The van der Waals surface area contributed by atoms with Crippen molar-refractivity contribution < 1.29 is 0 Å². The van der Waals surface area contributed by atoms with Gasteiger partial charge in [-0.2, -0.15) is 0 Å². The predicted octanol–water partition coefficient (Wildman–Crippen LogP) is 4.90. The van der Waals surface area contributed by atoms with Crippen LogP contribution in [0.25, 0.3) is 33.3 Å². The summed E-state index contributed by atoms with van der Waals surface area (Å²) in [5.41, 5.74) is 3.60. The highest BCUT2D eigenvalue weighted by Crippen LogP contribution is 2.27. The summed E-state index contributed by atoms with van der Waals surface area (Å²) in [6.45, 7) is 0. The molecule has 0 aliphatic heterocycles. The van der Waals surface area contributed by atoms with E-state index in [4.69, 9.17) is 0 Å². The molecule has 3 aromatic carbocycles. The molecular formula is C19H14N2. The number of rotatable bonds is 2. The Labute approximate surface area is 123 Å². The highest BCUT2D eigenvalue weighted by Gasteiger charge is 2.03. The monoisotopic (exact) mass is 270 g/mol. The summed E-state index contributed by atoms with van der Waals surface area (Å²) in [6.07, 6.45) is 3.62. The molecule has 1 heterocycles. The molecule has 0 fully saturated rings. The maximum absolute atomic E-state index is 4.30. The zero-order valence-electron chi connectivity index (χ0n) is 11.5. The van der Waals surface area contributed by atoms with Crippen molar-refractivity contribution in [1.82, 2.24) is 9.97 Å². The molecule has 100 valence electrons. The SMILES string of the molecule is c1ccc(-c2ccc3cc(-c4ncc[nH]4)ccc3c2)cc1. The highest BCUT2D eigenvalue weighted by molar-refractivity contribution is 5.90. The van der Waals surface area contributed by atoms with E-state index in [9.17, 15) is 0 Å². The minimum absolute atomic E-state index is 0.907. The first kappa shape index (κ1) is 11.9.